The average Bonchev–Trinajstić information content (AvgIpc) is 2.28. The fourth-order valence-corrected chi connectivity index (χ4v) is 1.96. The Morgan fingerprint density at radius 3 is 2.81 bits per heavy atom. The summed E-state index contributed by atoms with van der Waals surface area (Å²) in [5.74, 6) is 0.410. The Balaban J connectivity index is 2.51. The number of likely N-dealkylation sites (N-methyl/N-ethyl adjacent to an activating group) is 1. The van der Waals surface area contributed by atoms with Gasteiger partial charge in [0, 0.05) is 39.5 Å². The van der Waals surface area contributed by atoms with Crippen LogP contribution in [0.25, 0.3) is 0 Å². The van der Waals surface area contributed by atoms with Crippen molar-refractivity contribution in [2.75, 3.05) is 33.7 Å². The lowest BCUT2D eigenvalue weighted by Crippen LogP contribution is -2.45. The van der Waals surface area contributed by atoms with Gasteiger partial charge >= 0.3 is 0 Å². The van der Waals surface area contributed by atoms with Gasteiger partial charge in [-0.25, -0.2) is 0 Å². The van der Waals surface area contributed by atoms with Gasteiger partial charge in [0.05, 0.1) is 12.3 Å². The standard InChI is InChI=1S/C11H21N3O2/c1-4-9-7-14(6-5-10(9)12-16)8-11(15)13(2)3/h9,16H,4-8H2,1-3H3. The number of amides is 1. The molecule has 0 aromatic carbocycles. The minimum absolute atomic E-state index is 0.124. The van der Waals surface area contributed by atoms with Crippen molar-refractivity contribution in [3.8, 4) is 0 Å². The van der Waals surface area contributed by atoms with E-state index in [1.807, 2.05) is 0 Å². The van der Waals surface area contributed by atoms with Gasteiger partial charge in [-0.2, -0.15) is 0 Å². The summed E-state index contributed by atoms with van der Waals surface area (Å²) in [6, 6.07) is 0. The van der Waals surface area contributed by atoms with E-state index in [4.69, 9.17) is 5.21 Å². The van der Waals surface area contributed by atoms with E-state index in [0.717, 1.165) is 31.6 Å². The Kier molecular flexibility index (Phi) is 4.73. The van der Waals surface area contributed by atoms with E-state index < -0.39 is 0 Å². The fourth-order valence-electron chi connectivity index (χ4n) is 1.96. The monoisotopic (exact) mass is 227 g/mol. The van der Waals surface area contributed by atoms with Crippen molar-refractivity contribution in [1.82, 2.24) is 9.80 Å². The highest BCUT2D eigenvalue weighted by Crippen LogP contribution is 2.17. The Bertz CT molecular complexity index is 276. The van der Waals surface area contributed by atoms with E-state index in [2.05, 4.69) is 17.0 Å². The lowest BCUT2D eigenvalue weighted by Gasteiger charge is -2.32. The van der Waals surface area contributed by atoms with Crippen LogP contribution in [0.1, 0.15) is 19.8 Å². The Morgan fingerprint density at radius 1 is 1.62 bits per heavy atom. The van der Waals surface area contributed by atoms with Crippen LogP contribution >= 0.6 is 0 Å². The number of hydrogen-bond donors (Lipinski definition) is 1. The predicted molar refractivity (Wildman–Crippen MR) is 62.8 cm³/mol. The minimum Gasteiger partial charge on any atom is -0.411 e. The average molecular weight is 227 g/mol. The number of oxime groups is 1. The number of likely N-dealkylation sites (tertiary alicyclic amines) is 1. The first-order chi connectivity index (χ1) is 7.58. The van der Waals surface area contributed by atoms with Crippen molar-refractivity contribution >= 4 is 11.6 Å². The summed E-state index contributed by atoms with van der Waals surface area (Å²) in [7, 11) is 3.54. The van der Waals surface area contributed by atoms with Gasteiger partial charge < -0.3 is 10.1 Å². The van der Waals surface area contributed by atoms with E-state index in [1.165, 1.54) is 0 Å². The third kappa shape index (κ3) is 3.20. The lowest BCUT2D eigenvalue weighted by atomic mass is 9.93. The third-order valence-corrected chi connectivity index (χ3v) is 3.11. The van der Waals surface area contributed by atoms with Crippen molar-refractivity contribution in [3.63, 3.8) is 0 Å². The van der Waals surface area contributed by atoms with Gasteiger partial charge in [-0.05, 0) is 6.42 Å². The van der Waals surface area contributed by atoms with Crippen molar-refractivity contribution in [2.45, 2.75) is 19.8 Å². The van der Waals surface area contributed by atoms with Gasteiger partial charge in [-0.15, -0.1) is 0 Å². The highest BCUT2D eigenvalue weighted by molar-refractivity contribution is 5.87. The SMILES string of the molecule is CCC1CN(CC(=O)N(C)C)CCC1=NO. The molecule has 1 N–H and O–H groups in total. The normalized spacial score (nSPS) is 24.7. The minimum atomic E-state index is 0.124. The highest BCUT2D eigenvalue weighted by atomic mass is 16.4. The molecule has 0 saturated carbocycles. The van der Waals surface area contributed by atoms with Crippen molar-refractivity contribution in [3.05, 3.63) is 0 Å². The lowest BCUT2D eigenvalue weighted by molar-refractivity contribution is -0.130. The molecule has 1 amide bonds. The molecule has 5 heteroatoms. The maximum absolute atomic E-state index is 11.6. The second kappa shape index (κ2) is 5.84. The summed E-state index contributed by atoms with van der Waals surface area (Å²) < 4.78 is 0. The largest absolute Gasteiger partial charge is 0.411 e. The number of carbonyl (C=O) groups excluding carboxylic acids is 1. The fraction of sp³-hybridized carbons (Fsp3) is 0.818. The summed E-state index contributed by atoms with van der Waals surface area (Å²) in [6.07, 6.45) is 1.71. The zero-order valence-electron chi connectivity index (χ0n) is 10.3. The molecule has 0 spiro atoms. The first kappa shape index (κ1) is 13.0. The van der Waals surface area contributed by atoms with Crippen LogP contribution in [-0.4, -0.2) is 60.4 Å². The topological polar surface area (TPSA) is 56.1 Å². The summed E-state index contributed by atoms with van der Waals surface area (Å²) in [6.45, 7) is 4.15. The smallest absolute Gasteiger partial charge is 0.236 e. The van der Waals surface area contributed by atoms with Gasteiger partial charge in [0.2, 0.25) is 5.91 Å². The van der Waals surface area contributed by atoms with Crippen molar-refractivity contribution in [1.29, 1.82) is 0 Å². The van der Waals surface area contributed by atoms with Crippen LogP contribution in [-0.2, 0) is 4.79 Å². The first-order valence-electron chi connectivity index (χ1n) is 5.71. The van der Waals surface area contributed by atoms with Crippen LogP contribution < -0.4 is 0 Å². The quantitative estimate of drug-likeness (QED) is 0.568. The molecule has 1 aliphatic heterocycles. The molecule has 0 aromatic rings. The molecule has 1 heterocycles. The second-order valence-corrected chi connectivity index (χ2v) is 4.47. The zero-order chi connectivity index (χ0) is 12.1. The molecular weight excluding hydrogens is 206 g/mol. The number of carbonyl (C=O) groups is 1. The molecule has 0 aliphatic carbocycles. The van der Waals surface area contributed by atoms with E-state index in [-0.39, 0.29) is 11.8 Å². The maximum Gasteiger partial charge on any atom is 0.236 e. The Morgan fingerprint density at radius 2 is 2.31 bits per heavy atom. The number of rotatable bonds is 3. The van der Waals surface area contributed by atoms with E-state index in [0.29, 0.717) is 6.54 Å². The number of nitrogens with zero attached hydrogens (tertiary/aromatic N) is 3. The van der Waals surface area contributed by atoms with E-state index >= 15 is 0 Å². The zero-order valence-corrected chi connectivity index (χ0v) is 10.3. The van der Waals surface area contributed by atoms with Crippen molar-refractivity contribution < 1.29 is 10.0 Å². The molecule has 0 bridgehead atoms. The van der Waals surface area contributed by atoms with Crippen LogP contribution in [0.15, 0.2) is 5.16 Å². The molecule has 1 fully saturated rings. The Hall–Kier alpha value is -1.10. The summed E-state index contributed by atoms with van der Waals surface area (Å²) in [4.78, 5) is 15.3. The molecule has 16 heavy (non-hydrogen) atoms. The molecule has 1 atom stereocenters. The van der Waals surface area contributed by atoms with Gasteiger partial charge in [-0.1, -0.05) is 12.1 Å². The van der Waals surface area contributed by atoms with E-state index in [9.17, 15) is 4.79 Å². The molecule has 0 radical (unpaired) electrons. The predicted octanol–water partition coefficient (Wildman–Crippen LogP) is 0.637. The van der Waals surface area contributed by atoms with Crippen LogP contribution in [0.3, 0.4) is 0 Å². The summed E-state index contributed by atoms with van der Waals surface area (Å²) in [5, 5.41) is 12.2. The van der Waals surface area contributed by atoms with Gasteiger partial charge in [-0.3, -0.25) is 9.69 Å². The maximum atomic E-state index is 11.6. The molecule has 1 unspecified atom stereocenters. The first-order valence-corrected chi connectivity index (χ1v) is 5.71. The Labute approximate surface area is 96.7 Å². The molecule has 92 valence electrons. The number of hydrogen-bond acceptors (Lipinski definition) is 4. The number of piperidine rings is 1. The molecule has 5 nitrogen and oxygen atoms in total. The molecule has 1 rings (SSSR count). The molecule has 0 aromatic heterocycles. The van der Waals surface area contributed by atoms with Crippen LogP contribution in [0.4, 0.5) is 0 Å². The third-order valence-electron chi connectivity index (χ3n) is 3.11. The second-order valence-electron chi connectivity index (χ2n) is 4.47. The van der Waals surface area contributed by atoms with Crippen LogP contribution in [0, 0.1) is 5.92 Å². The van der Waals surface area contributed by atoms with Gasteiger partial charge in [0.25, 0.3) is 0 Å². The van der Waals surface area contributed by atoms with Crippen LogP contribution in [0.5, 0.6) is 0 Å². The van der Waals surface area contributed by atoms with Gasteiger partial charge in [0.15, 0.2) is 0 Å². The molecule has 1 saturated heterocycles. The highest BCUT2D eigenvalue weighted by Gasteiger charge is 2.26. The summed E-state index contributed by atoms with van der Waals surface area (Å²) >= 11 is 0. The summed E-state index contributed by atoms with van der Waals surface area (Å²) in [5.41, 5.74) is 0.871. The molecular formula is C11H21N3O2. The van der Waals surface area contributed by atoms with Gasteiger partial charge in [0.1, 0.15) is 0 Å². The van der Waals surface area contributed by atoms with Crippen LogP contribution in [0.2, 0.25) is 0 Å². The van der Waals surface area contributed by atoms with Crippen molar-refractivity contribution in [2.24, 2.45) is 11.1 Å². The van der Waals surface area contributed by atoms with E-state index in [1.54, 1.807) is 19.0 Å². The molecule has 1 aliphatic rings.